The molecule has 0 saturated carbocycles. The number of anilines is 1. The van der Waals surface area contributed by atoms with E-state index in [2.05, 4.69) is 33.6 Å². The number of para-hydroxylation sites is 1. The smallest absolute Gasteiger partial charge is 0.222 e. The first-order valence-corrected chi connectivity index (χ1v) is 8.23. The van der Waals surface area contributed by atoms with Crippen molar-refractivity contribution in [1.29, 1.82) is 0 Å². The van der Waals surface area contributed by atoms with E-state index in [1.54, 1.807) is 20.5 Å². The number of fused-ring (bicyclic) bond motifs is 1. The summed E-state index contributed by atoms with van der Waals surface area (Å²) in [6, 6.07) is 16.4. The van der Waals surface area contributed by atoms with E-state index in [0.29, 0.717) is 0 Å². The van der Waals surface area contributed by atoms with E-state index in [1.165, 1.54) is 5.56 Å². The van der Waals surface area contributed by atoms with Crippen LogP contribution in [-0.4, -0.2) is 29.0 Å². The minimum Gasteiger partial charge on any atom is -0.497 e. The van der Waals surface area contributed by atoms with Crippen LogP contribution >= 0.6 is 0 Å². The third-order valence-electron chi connectivity index (χ3n) is 4.65. The zero-order chi connectivity index (χ0) is 17.2. The van der Waals surface area contributed by atoms with Gasteiger partial charge in [-0.25, -0.2) is 4.68 Å². The summed E-state index contributed by atoms with van der Waals surface area (Å²) in [4.78, 5) is 4.37. The Bertz CT molecular complexity index is 860. The van der Waals surface area contributed by atoms with Gasteiger partial charge in [0.05, 0.1) is 26.3 Å². The predicted octanol–water partition coefficient (Wildman–Crippen LogP) is 3.44. The molecule has 128 valence electrons. The van der Waals surface area contributed by atoms with Gasteiger partial charge < -0.3 is 14.8 Å². The van der Waals surface area contributed by atoms with Crippen LogP contribution in [0.4, 0.5) is 5.95 Å². The standard InChI is InChI=1S/C19H20N4O2/c1-24-14-9-7-13(8-10-14)16-11-17(23-19(22-16)20-12-21-23)15-5-3-4-6-18(15)25-2/h3-10,12,16-17H,11H2,1-2H3,(H,20,21,22)/t16-,17-/m1/s1. The quantitative estimate of drug-likeness (QED) is 0.791. The number of aromatic nitrogens is 3. The highest BCUT2D eigenvalue weighted by atomic mass is 16.5. The zero-order valence-electron chi connectivity index (χ0n) is 14.2. The van der Waals surface area contributed by atoms with Crippen molar-refractivity contribution in [3.05, 3.63) is 66.0 Å². The molecule has 0 fully saturated rings. The number of nitrogens with zero attached hydrogens (tertiary/aromatic N) is 3. The lowest BCUT2D eigenvalue weighted by atomic mass is 9.93. The van der Waals surface area contributed by atoms with Gasteiger partial charge in [0.25, 0.3) is 0 Å². The second-order valence-electron chi connectivity index (χ2n) is 5.99. The average Bonchev–Trinajstić information content (AvgIpc) is 3.16. The fourth-order valence-corrected chi connectivity index (χ4v) is 3.38. The molecule has 0 aliphatic carbocycles. The number of ether oxygens (including phenoxy) is 2. The molecule has 2 heterocycles. The summed E-state index contributed by atoms with van der Waals surface area (Å²) in [7, 11) is 3.37. The van der Waals surface area contributed by atoms with Crippen LogP contribution in [0, 0.1) is 0 Å². The molecule has 6 heteroatoms. The molecule has 2 atom stereocenters. The van der Waals surface area contributed by atoms with E-state index < -0.39 is 0 Å². The van der Waals surface area contributed by atoms with Gasteiger partial charge in [-0.05, 0) is 30.2 Å². The van der Waals surface area contributed by atoms with Crippen molar-refractivity contribution in [3.63, 3.8) is 0 Å². The highest BCUT2D eigenvalue weighted by Crippen LogP contribution is 2.40. The normalized spacial score (nSPS) is 19.0. The molecule has 0 saturated heterocycles. The van der Waals surface area contributed by atoms with Gasteiger partial charge in [-0.2, -0.15) is 10.1 Å². The Hall–Kier alpha value is -3.02. The van der Waals surface area contributed by atoms with Gasteiger partial charge in [-0.1, -0.05) is 30.3 Å². The molecule has 1 aromatic heterocycles. The van der Waals surface area contributed by atoms with Crippen molar-refractivity contribution in [2.75, 3.05) is 19.5 Å². The lowest BCUT2D eigenvalue weighted by Gasteiger charge is -2.32. The number of benzene rings is 2. The molecule has 1 N–H and O–H groups in total. The average molecular weight is 336 g/mol. The SMILES string of the molecule is COc1ccc([C@H]2C[C@H](c3ccccc3OC)n3ncnc3N2)cc1. The molecular weight excluding hydrogens is 316 g/mol. The highest BCUT2D eigenvalue weighted by molar-refractivity contribution is 5.43. The maximum Gasteiger partial charge on any atom is 0.222 e. The molecule has 3 aromatic rings. The van der Waals surface area contributed by atoms with Crippen molar-refractivity contribution >= 4 is 5.95 Å². The second-order valence-corrected chi connectivity index (χ2v) is 5.99. The molecular formula is C19H20N4O2. The minimum atomic E-state index is 0.0574. The van der Waals surface area contributed by atoms with Crippen LogP contribution in [-0.2, 0) is 0 Å². The van der Waals surface area contributed by atoms with Gasteiger partial charge in [0.2, 0.25) is 5.95 Å². The molecule has 1 aliphatic rings. The molecule has 0 unspecified atom stereocenters. The summed E-state index contributed by atoms with van der Waals surface area (Å²) in [6.45, 7) is 0. The van der Waals surface area contributed by atoms with Gasteiger partial charge in [0.1, 0.15) is 17.8 Å². The van der Waals surface area contributed by atoms with Crippen molar-refractivity contribution in [2.24, 2.45) is 0 Å². The Morgan fingerprint density at radius 2 is 1.84 bits per heavy atom. The van der Waals surface area contributed by atoms with Crippen molar-refractivity contribution in [3.8, 4) is 11.5 Å². The molecule has 1 aliphatic heterocycles. The van der Waals surface area contributed by atoms with Crippen LogP contribution in [0.2, 0.25) is 0 Å². The van der Waals surface area contributed by atoms with Crippen LogP contribution in [0.1, 0.15) is 29.6 Å². The van der Waals surface area contributed by atoms with E-state index in [0.717, 1.165) is 29.4 Å². The fourth-order valence-electron chi connectivity index (χ4n) is 3.38. The van der Waals surface area contributed by atoms with Crippen LogP contribution in [0.25, 0.3) is 0 Å². The van der Waals surface area contributed by atoms with Crippen molar-refractivity contribution in [1.82, 2.24) is 14.8 Å². The van der Waals surface area contributed by atoms with Gasteiger partial charge >= 0.3 is 0 Å². The Labute approximate surface area is 146 Å². The number of nitrogens with one attached hydrogen (secondary N) is 1. The lowest BCUT2D eigenvalue weighted by molar-refractivity contribution is 0.379. The summed E-state index contributed by atoms with van der Waals surface area (Å²) < 4.78 is 12.7. The molecule has 4 rings (SSSR count). The third kappa shape index (κ3) is 2.80. The molecule has 0 bridgehead atoms. The fraction of sp³-hybridized carbons (Fsp3) is 0.263. The van der Waals surface area contributed by atoms with E-state index in [-0.39, 0.29) is 12.1 Å². The van der Waals surface area contributed by atoms with Crippen LogP contribution in [0.3, 0.4) is 0 Å². The predicted molar refractivity (Wildman–Crippen MR) is 95.1 cm³/mol. The summed E-state index contributed by atoms with van der Waals surface area (Å²) in [5.41, 5.74) is 2.30. The lowest BCUT2D eigenvalue weighted by Crippen LogP contribution is -2.28. The molecule has 0 spiro atoms. The highest BCUT2D eigenvalue weighted by Gasteiger charge is 2.31. The van der Waals surface area contributed by atoms with Crippen molar-refractivity contribution in [2.45, 2.75) is 18.5 Å². The largest absolute Gasteiger partial charge is 0.497 e. The maximum absolute atomic E-state index is 5.56. The second kappa shape index (κ2) is 6.47. The third-order valence-corrected chi connectivity index (χ3v) is 4.65. The molecule has 0 amide bonds. The summed E-state index contributed by atoms with van der Waals surface area (Å²) >= 11 is 0. The van der Waals surface area contributed by atoms with Gasteiger partial charge in [-0.3, -0.25) is 0 Å². The van der Waals surface area contributed by atoms with Crippen LogP contribution in [0.5, 0.6) is 11.5 Å². The van der Waals surface area contributed by atoms with Crippen LogP contribution < -0.4 is 14.8 Å². The first-order valence-electron chi connectivity index (χ1n) is 8.23. The number of hydrogen-bond donors (Lipinski definition) is 1. The number of rotatable bonds is 4. The maximum atomic E-state index is 5.56. The summed E-state index contributed by atoms with van der Waals surface area (Å²) in [5.74, 6) is 2.48. The summed E-state index contributed by atoms with van der Waals surface area (Å²) in [6.07, 6.45) is 2.43. The van der Waals surface area contributed by atoms with E-state index in [1.807, 2.05) is 35.0 Å². The first-order chi connectivity index (χ1) is 12.3. The Morgan fingerprint density at radius 3 is 2.60 bits per heavy atom. The summed E-state index contributed by atoms with van der Waals surface area (Å²) in [5, 5.41) is 7.89. The molecule has 6 nitrogen and oxygen atoms in total. The molecule has 2 aromatic carbocycles. The monoisotopic (exact) mass is 336 g/mol. The van der Waals surface area contributed by atoms with E-state index >= 15 is 0 Å². The Kier molecular flexibility index (Phi) is 4.01. The Morgan fingerprint density at radius 1 is 1.04 bits per heavy atom. The van der Waals surface area contributed by atoms with E-state index in [9.17, 15) is 0 Å². The molecule has 0 radical (unpaired) electrons. The van der Waals surface area contributed by atoms with Gasteiger partial charge in [0, 0.05) is 5.56 Å². The van der Waals surface area contributed by atoms with Gasteiger partial charge in [-0.15, -0.1) is 0 Å². The van der Waals surface area contributed by atoms with Gasteiger partial charge in [0.15, 0.2) is 0 Å². The topological polar surface area (TPSA) is 61.2 Å². The molecule has 25 heavy (non-hydrogen) atoms. The zero-order valence-corrected chi connectivity index (χ0v) is 14.2. The van der Waals surface area contributed by atoms with E-state index in [4.69, 9.17) is 9.47 Å². The Balaban J connectivity index is 1.72. The minimum absolute atomic E-state index is 0.0574. The number of hydrogen-bond acceptors (Lipinski definition) is 5. The van der Waals surface area contributed by atoms with Crippen LogP contribution in [0.15, 0.2) is 54.9 Å². The first kappa shape index (κ1) is 15.5. The van der Waals surface area contributed by atoms with Crippen molar-refractivity contribution < 1.29 is 9.47 Å². The number of methoxy groups -OCH3 is 2.